The van der Waals surface area contributed by atoms with Crippen molar-refractivity contribution in [3.63, 3.8) is 0 Å². The summed E-state index contributed by atoms with van der Waals surface area (Å²) in [6.07, 6.45) is 0.790. The third kappa shape index (κ3) is 3.37. The van der Waals surface area contributed by atoms with Crippen LogP contribution in [0.5, 0.6) is 5.75 Å². The Morgan fingerprint density at radius 3 is 2.23 bits per heavy atom. The Morgan fingerprint density at radius 2 is 1.53 bits per heavy atom. The number of para-hydroxylation sites is 2. The first-order valence-electron chi connectivity index (χ1n) is 9.73. The molecular weight excluding hydrogens is 379 g/mol. The molecule has 2 aromatic heterocycles. The van der Waals surface area contributed by atoms with E-state index >= 15 is 0 Å². The van der Waals surface area contributed by atoms with Crippen LogP contribution in [0.3, 0.4) is 0 Å². The van der Waals surface area contributed by atoms with Gasteiger partial charge < -0.3 is 9.30 Å². The Bertz CT molecular complexity index is 1330. The summed E-state index contributed by atoms with van der Waals surface area (Å²) in [7, 11) is 1.66. The van der Waals surface area contributed by atoms with Crippen molar-refractivity contribution in [2.24, 2.45) is 0 Å². The normalized spacial score (nSPS) is 11.3. The maximum absolute atomic E-state index is 13.5. The summed E-state index contributed by atoms with van der Waals surface area (Å²) in [4.78, 5) is 14.3. The number of hydrogen-bond acceptors (Lipinski definition) is 4. The largest absolute Gasteiger partial charge is 0.497 e. The topological polar surface area (TPSA) is 52.8 Å². The lowest BCUT2D eigenvalue weighted by molar-refractivity contribution is 0.414. The molecule has 0 unspecified atom stereocenters. The Hall–Kier alpha value is -3.80. The van der Waals surface area contributed by atoms with Gasteiger partial charge in [0.15, 0.2) is 11.3 Å². The maximum Gasteiger partial charge on any atom is 0.198 e. The van der Waals surface area contributed by atoms with Crippen LogP contribution in [0.4, 0.5) is 4.39 Å². The van der Waals surface area contributed by atoms with E-state index in [-0.39, 0.29) is 5.82 Å². The molecule has 0 atom stereocenters. The van der Waals surface area contributed by atoms with E-state index in [0.717, 1.165) is 40.2 Å². The molecule has 0 aliphatic heterocycles. The molecule has 0 amide bonds. The molecule has 0 saturated heterocycles. The fraction of sp³-hybridized carbons (Fsp3) is 0.125. The highest BCUT2D eigenvalue weighted by Crippen LogP contribution is 2.25. The van der Waals surface area contributed by atoms with Crippen molar-refractivity contribution in [2.75, 3.05) is 7.11 Å². The van der Waals surface area contributed by atoms with E-state index in [9.17, 15) is 4.39 Å². The van der Waals surface area contributed by atoms with Crippen molar-refractivity contribution in [1.29, 1.82) is 0 Å². The second-order valence-electron chi connectivity index (χ2n) is 7.05. The molecule has 0 aliphatic carbocycles. The first kappa shape index (κ1) is 18.2. The zero-order chi connectivity index (χ0) is 20.5. The van der Waals surface area contributed by atoms with E-state index in [2.05, 4.69) is 16.7 Å². The molecule has 6 heteroatoms. The van der Waals surface area contributed by atoms with E-state index in [0.29, 0.717) is 12.2 Å². The average Bonchev–Trinajstić information content (AvgIpc) is 3.14. The summed E-state index contributed by atoms with van der Waals surface area (Å²) in [6.45, 7) is 0.669. The molecule has 0 saturated carbocycles. The molecule has 5 rings (SSSR count). The fourth-order valence-corrected chi connectivity index (χ4v) is 3.56. The number of halogens is 1. The third-order valence-corrected chi connectivity index (χ3v) is 5.14. The monoisotopic (exact) mass is 398 g/mol. The molecule has 3 aromatic carbocycles. The van der Waals surface area contributed by atoms with Gasteiger partial charge in [-0.1, -0.05) is 24.3 Å². The van der Waals surface area contributed by atoms with E-state index in [4.69, 9.17) is 19.7 Å². The lowest BCUT2D eigenvalue weighted by atomic mass is 10.1. The number of methoxy groups -OCH3 is 1. The van der Waals surface area contributed by atoms with Crippen LogP contribution < -0.4 is 4.74 Å². The van der Waals surface area contributed by atoms with Gasteiger partial charge in [-0.05, 0) is 60.5 Å². The second kappa shape index (κ2) is 7.55. The van der Waals surface area contributed by atoms with E-state index in [1.54, 1.807) is 19.2 Å². The van der Waals surface area contributed by atoms with Crippen molar-refractivity contribution in [3.05, 3.63) is 84.2 Å². The Morgan fingerprint density at radius 1 is 0.833 bits per heavy atom. The number of rotatable bonds is 5. The molecule has 0 N–H and O–H groups in total. The van der Waals surface area contributed by atoms with Crippen molar-refractivity contribution in [3.8, 4) is 17.1 Å². The number of aromatic nitrogens is 4. The molecule has 2 heterocycles. The van der Waals surface area contributed by atoms with Gasteiger partial charge in [0, 0.05) is 12.1 Å². The first-order chi connectivity index (χ1) is 14.7. The lowest BCUT2D eigenvalue weighted by Gasteiger charge is -2.10. The molecule has 0 radical (unpaired) electrons. The number of nitrogens with zero attached hydrogens (tertiary/aromatic N) is 4. The molecular formula is C24H19FN4O. The van der Waals surface area contributed by atoms with Gasteiger partial charge >= 0.3 is 0 Å². The summed E-state index contributed by atoms with van der Waals surface area (Å²) in [5.74, 6) is 1.28. The average molecular weight is 398 g/mol. The minimum absolute atomic E-state index is 0.276. The Balaban J connectivity index is 1.61. The Kier molecular flexibility index (Phi) is 4.59. The van der Waals surface area contributed by atoms with Gasteiger partial charge in [-0.25, -0.2) is 19.3 Å². The zero-order valence-electron chi connectivity index (χ0n) is 16.4. The number of ether oxygens (including phenoxy) is 1. The summed E-state index contributed by atoms with van der Waals surface area (Å²) in [5, 5.41) is 0. The minimum atomic E-state index is -0.276. The second-order valence-corrected chi connectivity index (χ2v) is 7.05. The van der Waals surface area contributed by atoms with Crippen molar-refractivity contribution < 1.29 is 9.13 Å². The van der Waals surface area contributed by atoms with Gasteiger partial charge in [0.2, 0.25) is 0 Å². The fourth-order valence-electron chi connectivity index (χ4n) is 3.56. The number of imidazole rings is 1. The van der Waals surface area contributed by atoms with Gasteiger partial charge in [-0.3, -0.25) is 0 Å². The van der Waals surface area contributed by atoms with Crippen LogP contribution in [0.15, 0.2) is 72.8 Å². The van der Waals surface area contributed by atoms with Gasteiger partial charge in [0.05, 0.1) is 18.1 Å². The van der Waals surface area contributed by atoms with E-state index < -0.39 is 0 Å². The van der Waals surface area contributed by atoms with Crippen molar-refractivity contribution in [1.82, 2.24) is 19.5 Å². The molecule has 5 aromatic rings. The number of fused-ring (bicyclic) bond motifs is 2. The highest BCUT2D eigenvalue weighted by molar-refractivity contribution is 5.84. The van der Waals surface area contributed by atoms with Crippen LogP contribution in [0.25, 0.3) is 33.7 Å². The standard InChI is InChI=1S/C24H19FN4O/c1-30-19-12-6-16(7-13-19)14-15-29-23(17-8-10-18(25)11-9-17)28-22-24(29)27-21-5-3-2-4-20(21)26-22/h2-13H,14-15H2,1H3. The van der Waals surface area contributed by atoms with Crippen LogP contribution in [0.2, 0.25) is 0 Å². The smallest absolute Gasteiger partial charge is 0.198 e. The zero-order valence-corrected chi connectivity index (χ0v) is 16.4. The molecule has 30 heavy (non-hydrogen) atoms. The maximum atomic E-state index is 13.5. The lowest BCUT2D eigenvalue weighted by Crippen LogP contribution is -2.05. The van der Waals surface area contributed by atoms with Crippen LogP contribution in [0.1, 0.15) is 5.56 Å². The number of aryl methyl sites for hydroxylation is 2. The van der Waals surface area contributed by atoms with Crippen LogP contribution in [-0.2, 0) is 13.0 Å². The van der Waals surface area contributed by atoms with Crippen molar-refractivity contribution in [2.45, 2.75) is 13.0 Å². The summed E-state index contributed by atoms with van der Waals surface area (Å²) < 4.78 is 20.8. The quantitative estimate of drug-likeness (QED) is 0.416. The van der Waals surface area contributed by atoms with E-state index in [1.165, 1.54) is 17.7 Å². The molecule has 148 valence electrons. The Labute approximate surface area is 172 Å². The van der Waals surface area contributed by atoms with Crippen molar-refractivity contribution >= 4 is 22.3 Å². The number of hydrogen-bond donors (Lipinski definition) is 0. The van der Waals surface area contributed by atoms with Crippen LogP contribution >= 0.6 is 0 Å². The molecule has 0 fully saturated rings. The molecule has 0 bridgehead atoms. The first-order valence-corrected chi connectivity index (χ1v) is 9.73. The SMILES string of the molecule is COc1ccc(CCn2c(-c3ccc(F)cc3)nc3nc4ccccc4nc32)cc1. The van der Waals surface area contributed by atoms with Gasteiger partial charge in [0.25, 0.3) is 0 Å². The van der Waals surface area contributed by atoms with Crippen LogP contribution in [0, 0.1) is 5.82 Å². The van der Waals surface area contributed by atoms with Gasteiger partial charge in [0.1, 0.15) is 17.4 Å². The van der Waals surface area contributed by atoms with Gasteiger partial charge in [-0.15, -0.1) is 0 Å². The van der Waals surface area contributed by atoms with Gasteiger partial charge in [-0.2, -0.15) is 0 Å². The molecule has 0 spiro atoms. The minimum Gasteiger partial charge on any atom is -0.497 e. The van der Waals surface area contributed by atoms with Crippen LogP contribution in [-0.4, -0.2) is 26.6 Å². The summed E-state index contributed by atoms with van der Waals surface area (Å²) in [5.41, 5.74) is 4.94. The molecule has 0 aliphatic rings. The highest BCUT2D eigenvalue weighted by Gasteiger charge is 2.16. The highest BCUT2D eigenvalue weighted by atomic mass is 19.1. The van der Waals surface area contributed by atoms with E-state index in [1.807, 2.05) is 36.4 Å². The predicted molar refractivity (Wildman–Crippen MR) is 115 cm³/mol. The summed E-state index contributed by atoms with van der Waals surface area (Å²) in [6, 6.07) is 22.1. The molecule has 5 nitrogen and oxygen atoms in total. The third-order valence-electron chi connectivity index (χ3n) is 5.14. The number of benzene rings is 3. The predicted octanol–water partition coefficient (Wildman–Crippen LogP) is 5.04. The summed E-state index contributed by atoms with van der Waals surface area (Å²) >= 11 is 0.